The van der Waals surface area contributed by atoms with Crippen molar-refractivity contribution in [1.82, 2.24) is 0 Å². The highest BCUT2D eigenvalue weighted by molar-refractivity contribution is 5.26. The molecule has 0 N–H and O–H groups in total. The zero-order valence-electron chi connectivity index (χ0n) is 14.8. The third-order valence-electron chi connectivity index (χ3n) is 4.62. The van der Waals surface area contributed by atoms with Gasteiger partial charge in [0.25, 0.3) is 0 Å². The highest BCUT2D eigenvalue weighted by Gasteiger charge is 2.23. The van der Waals surface area contributed by atoms with Crippen molar-refractivity contribution in [3.8, 4) is 5.75 Å². The lowest BCUT2D eigenvalue weighted by atomic mass is 10.1. The number of unbranched alkanes of at least 4 members (excludes halogenated alkanes) is 3. The van der Waals surface area contributed by atoms with E-state index in [1.165, 1.54) is 69.1 Å². The molecule has 7 heteroatoms. The third kappa shape index (κ3) is 6.13. The molecule has 0 spiro atoms. The van der Waals surface area contributed by atoms with Crippen LogP contribution in [0.25, 0.3) is 0 Å². The van der Waals surface area contributed by atoms with Gasteiger partial charge in [-0.3, -0.25) is 0 Å². The lowest BCUT2D eigenvalue weighted by Crippen LogP contribution is -2.48. The van der Waals surface area contributed by atoms with Gasteiger partial charge in [-0.1, -0.05) is 19.8 Å². The van der Waals surface area contributed by atoms with Gasteiger partial charge >= 0.3 is 0 Å². The smallest absolute Gasteiger partial charge is 0.200 e. The van der Waals surface area contributed by atoms with Gasteiger partial charge in [-0.15, -0.1) is 0 Å². The molecular formula is C18H26F5NO. The Kier molecular flexibility index (Phi) is 8.62. The molecule has 25 heavy (non-hydrogen) atoms. The second kappa shape index (κ2) is 9.94. The van der Waals surface area contributed by atoms with Crippen molar-refractivity contribution in [1.29, 1.82) is 0 Å². The summed E-state index contributed by atoms with van der Waals surface area (Å²) < 4.78 is 61.8. The Bertz CT molecular complexity index is 454. The first kappa shape index (κ1) is 21.7. The molecule has 1 heterocycles. The van der Waals surface area contributed by atoms with E-state index in [-0.39, 0.29) is 0 Å². The van der Waals surface area contributed by atoms with E-state index in [2.05, 4.69) is 14.0 Å². The molecule has 1 aliphatic heterocycles. The molecule has 0 atom stereocenters. The van der Waals surface area contributed by atoms with Crippen LogP contribution >= 0.6 is 0 Å². The third-order valence-corrected chi connectivity index (χ3v) is 4.62. The van der Waals surface area contributed by atoms with Crippen LogP contribution in [-0.4, -0.2) is 31.2 Å². The summed E-state index contributed by atoms with van der Waals surface area (Å²) in [6.07, 6.45) is 10.1. The molecule has 2 nitrogen and oxygen atoms in total. The van der Waals surface area contributed by atoms with E-state index >= 15 is 0 Å². The number of hydrogen-bond donors (Lipinski definition) is 0. The van der Waals surface area contributed by atoms with Gasteiger partial charge in [0.1, 0.15) is 0 Å². The first-order chi connectivity index (χ1) is 11.7. The number of hydrogen-bond acceptors (Lipinski definition) is 1. The topological polar surface area (TPSA) is 23.1 Å². The Labute approximate surface area is 145 Å². The number of likely N-dealkylation sites (tertiary alicyclic amines) is 1. The van der Waals surface area contributed by atoms with Crippen LogP contribution in [0.15, 0.2) is 0 Å². The molecule has 144 valence electrons. The van der Waals surface area contributed by atoms with Crippen LogP contribution < -0.4 is 5.11 Å². The fraction of sp³-hybridized carbons (Fsp3) is 0.667. The van der Waals surface area contributed by atoms with E-state index in [4.69, 9.17) is 0 Å². The van der Waals surface area contributed by atoms with Gasteiger partial charge in [0.15, 0.2) is 29.1 Å². The van der Waals surface area contributed by atoms with Crippen molar-refractivity contribution < 1.29 is 31.5 Å². The standard InChI is InChI=1S/C12H26N.C6HF5O/c1-3-4-5-7-10-13(2)11-8-6-9-12-13;7-1-2(8)4(10)6(12)5(11)3(1)9/h3-12H2,1-2H3;12H/q+1;/p-1. The summed E-state index contributed by atoms with van der Waals surface area (Å²) in [6, 6.07) is 0. The summed E-state index contributed by atoms with van der Waals surface area (Å²) >= 11 is 0. The number of benzene rings is 1. The first-order valence-corrected chi connectivity index (χ1v) is 8.75. The van der Waals surface area contributed by atoms with Crippen molar-refractivity contribution >= 4 is 0 Å². The van der Waals surface area contributed by atoms with Crippen LogP contribution in [0.4, 0.5) is 22.0 Å². The number of rotatable bonds is 5. The van der Waals surface area contributed by atoms with Crippen LogP contribution in [0.2, 0.25) is 0 Å². The Morgan fingerprint density at radius 1 is 0.760 bits per heavy atom. The second-order valence-corrected chi connectivity index (χ2v) is 6.81. The zero-order valence-corrected chi connectivity index (χ0v) is 14.8. The predicted octanol–water partition coefficient (Wildman–Crippen LogP) is 4.65. The molecule has 0 bridgehead atoms. The molecule has 0 aromatic heterocycles. The van der Waals surface area contributed by atoms with E-state index in [9.17, 15) is 27.1 Å². The quantitative estimate of drug-likeness (QED) is 0.244. The zero-order chi connectivity index (χ0) is 19.0. The van der Waals surface area contributed by atoms with E-state index in [0.717, 1.165) is 0 Å². The van der Waals surface area contributed by atoms with Crippen LogP contribution in [-0.2, 0) is 0 Å². The van der Waals surface area contributed by atoms with Gasteiger partial charge in [0.05, 0.1) is 26.7 Å². The predicted molar refractivity (Wildman–Crippen MR) is 84.5 cm³/mol. The molecule has 1 fully saturated rings. The Morgan fingerprint density at radius 2 is 1.24 bits per heavy atom. The molecule has 0 saturated carbocycles. The van der Waals surface area contributed by atoms with Crippen molar-refractivity contribution in [2.45, 2.75) is 51.9 Å². The lowest BCUT2D eigenvalue weighted by Gasteiger charge is -2.37. The van der Waals surface area contributed by atoms with E-state index in [1.54, 1.807) is 0 Å². The van der Waals surface area contributed by atoms with Crippen LogP contribution in [0.3, 0.4) is 0 Å². The maximum Gasteiger partial charge on any atom is 0.200 e. The summed E-state index contributed by atoms with van der Waals surface area (Å²) in [4.78, 5) is 0. The van der Waals surface area contributed by atoms with Gasteiger partial charge in [-0.2, -0.15) is 0 Å². The second-order valence-electron chi connectivity index (χ2n) is 6.81. The summed E-state index contributed by atoms with van der Waals surface area (Å²) in [5.41, 5.74) is 0. The Balaban J connectivity index is 0.000000251. The number of halogens is 5. The summed E-state index contributed by atoms with van der Waals surface area (Å²) in [6.45, 7) is 6.59. The van der Waals surface area contributed by atoms with Crippen molar-refractivity contribution in [3.63, 3.8) is 0 Å². The van der Waals surface area contributed by atoms with Gasteiger partial charge in [-0.25, -0.2) is 22.0 Å². The number of nitrogens with zero attached hydrogens (tertiary/aromatic N) is 1. The molecule has 0 aliphatic carbocycles. The van der Waals surface area contributed by atoms with Gasteiger partial charge in [-0.05, 0) is 37.9 Å². The number of piperidine rings is 1. The normalized spacial score (nSPS) is 16.3. The highest BCUT2D eigenvalue weighted by atomic mass is 19.2. The SMILES string of the molecule is CCCCCC[N+]1(C)CCCCC1.[O-]c1c(F)c(F)c(F)c(F)c1F. The Morgan fingerprint density at radius 3 is 1.72 bits per heavy atom. The minimum Gasteiger partial charge on any atom is -0.868 e. The minimum absolute atomic E-state index is 1.36. The van der Waals surface area contributed by atoms with Crippen molar-refractivity contribution in [2.75, 3.05) is 26.7 Å². The molecule has 1 aromatic carbocycles. The van der Waals surface area contributed by atoms with Gasteiger partial charge < -0.3 is 9.59 Å². The van der Waals surface area contributed by atoms with Crippen LogP contribution in [0.5, 0.6) is 5.75 Å². The van der Waals surface area contributed by atoms with E-state index in [0.29, 0.717) is 0 Å². The highest BCUT2D eigenvalue weighted by Crippen LogP contribution is 2.25. The Hall–Kier alpha value is -1.37. The largest absolute Gasteiger partial charge is 0.868 e. The fourth-order valence-electron chi connectivity index (χ4n) is 3.00. The van der Waals surface area contributed by atoms with E-state index in [1.807, 2.05) is 0 Å². The molecule has 1 saturated heterocycles. The maximum atomic E-state index is 12.1. The molecule has 0 amide bonds. The first-order valence-electron chi connectivity index (χ1n) is 8.75. The number of quaternary nitrogens is 1. The maximum absolute atomic E-state index is 12.1. The average molecular weight is 367 g/mol. The summed E-state index contributed by atoms with van der Waals surface area (Å²) in [5, 5.41) is 10.2. The van der Waals surface area contributed by atoms with Gasteiger partial charge in [0.2, 0.25) is 0 Å². The van der Waals surface area contributed by atoms with Crippen molar-refractivity contribution in [3.05, 3.63) is 29.1 Å². The molecule has 1 aromatic rings. The summed E-state index contributed by atoms with van der Waals surface area (Å²) in [7, 11) is 2.45. The average Bonchev–Trinajstić information content (AvgIpc) is 2.61. The monoisotopic (exact) mass is 367 g/mol. The van der Waals surface area contributed by atoms with E-state index < -0.39 is 34.8 Å². The lowest BCUT2D eigenvalue weighted by molar-refractivity contribution is -0.914. The van der Waals surface area contributed by atoms with Gasteiger partial charge in [0, 0.05) is 0 Å². The molecule has 0 unspecified atom stereocenters. The molecule has 0 radical (unpaired) electrons. The van der Waals surface area contributed by atoms with Crippen LogP contribution in [0.1, 0.15) is 51.9 Å². The summed E-state index contributed by atoms with van der Waals surface area (Å²) in [5.74, 6) is -13.6. The van der Waals surface area contributed by atoms with Crippen LogP contribution in [0, 0.1) is 29.1 Å². The van der Waals surface area contributed by atoms with Crippen molar-refractivity contribution in [2.24, 2.45) is 0 Å². The molecular weight excluding hydrogens is 341 g/mol. The fourth-order valence-corrected chi connectivity index (χ4v) is 3.00. The molecule has 1 aliphatic rings. The minimum atomic E-state index is -2.33. The molecule has 2 rings (SSSR count).